The first-order valence-corrected chi connectivity index (χ1v) is 5.10. The van der Waals surface area contributed by atoms with Crippen LogP contribution in [-0.4, -0.2) is 24.1 Å². The summed E-state index contributed by atoms with van der Waals surface area (Å²) in [7, 11) is 1.32. The number of ether oxygens (including phenoxy) is 1. The summed E-state index contributed by atoms with van der Waals surface area (Å²) in [4.78, 5) is 10.4. The molecule has 0 heterocycles. The molecule has 0 aromatic heterocycles. The Hall–Kier alpha value is -1.36. The van der Waals surface area contributed by atoms with Crippen LogP contribution in [-0.2, 0) is 11.2 Å². The summed E-state index contributed by atoms with van der Waals surface area (Å²) in [5.41, 5.74) is 0.737. The van der Waals surface area contributed by atoms with Gasteiger partial charge in [0.2, 0.25) is 0 Å². The largest absolute Gasteiger partial charge is 0.496 e. The maximum Gasteiger partial charge on any atom is 0.374 e. The van der Waals surface area contributed by atoms with E-state index in [0.717, 1.165) is 0 Å². The predicted octanol–water partition coefficient (Wildman–Crippen LogP) is 2.92. The predicted molar refractivity (Wildman–Crippen MR) is 59.0 cm³/mol. The Kier molecular flexibility index (Phi) is 3.93. The quantitative estimate of drug-likeness (QED) is 0.909. The number of halogens is 3. The third-order valence-electron chi connectivity index (χ3n) is 2.29. The van der Waals surface area contributed by atoms with Crippen LogP contribution in [0.25, 0.3) is 0 Å². The Balaban J connectivity index is 3.14. The molecule has 6 heteroatoms. The van der Waals surface area contributed by atoms with E-state index >= 15 is 0 Å². The summed E-state index contributed by atoms with van der Waals surface area (Å²) in [6.07, 6.45) is -0.953. The number of carbonyl (C=O) groups is 1. The standard InChI is InChI=1S/C11H11ClF2O3/c1-6-3-9(17-2)7(4-8(6)12)5-11(13,14)10(15)16/h3-4H,5H2,1-2H3,(H,15,16). The van der Waals surface area contributed by atoms with Crippen molar-refractivity contribution in [2.24, 2.45) is 0 Å². The van der Waals surface area contributed by atoms with Gasteiger partial charge in [0.15, 0.2) is 0 Å². The Morgan fingerprint density at radius 2 is 2.12 bits per heavy atom. The molecule has 0 unspecified atom stereocenters. The van der Waals surface area contributed by atoms with Gasteiger partial charge in [0.25, 0.3) is 0 Å². The monoisotopic (exact) mass is 264 g/mol. The van der Waals surface area contributed by atoms with Crippen molar-refractivity contribution >= 4 is 17.6 Å². The first kappa shape index (κ1) is 13.7. The second-order valence-corrected chi connectivity index (χ2v) is 4.01. The second-order valence-electron chi connectivity index (χ2n) is 3.60. The van der Waals surface area contributed by atoms with Crippen LogP contribution >= 0.6 is 11.6 Å². The lowest BCUT2D eigenvalue weighted by Crippen LogP contribution is -2.30. The topological polar surface area (TPSA) is 46.5 Å². The lowest BCUT2D eigenvalue weighted by Gasteiger charge is -2.15. The third kappa shape index (κ3) is 3.06. The van der Waals surface area contributed by atoms with Crippen molar-refractivity contribution in [1.29, 1.82) is 0 Å². The first-order chi connectivity index (χ1) is 7.77. The van der Waals surface area contributed by atoms with E-state index in [4.69, 9.17) is 21.4 Å². The van der Waals surface area contributed by atoms with Crippen LogP contribution in [0.1, 0.15) is 11.1 Å². The van der Waals surface area contributed by atoms with E-state index in [1.807, 2.05) is 0 Å². The highest BCUT2D eigenvalue weighted by Gasteiger charge is 2.39. The number of methoxy groups -OCH3 is 1. The van der Waals surface area contributed by atoms with Crippen LogP contribution in [0.3, 0.4) is 0 Å². The van der Waals surface area contributed by atoms with Crippen molar-refractivity contribution in [1.82, 2.24) is 0 Å². The Morgan fingerprint density at radius 3 is 2.59 bits per heavy atom. The number of carboxylic acid groups (broad SMARTS) is 1. The van der Waals surface area contributed by atoms with E-state index in [0.29, 0.717) is 10.6 Å². The fourth-order valence-corrected chi connectivity index (χ4v) is 1.53. The Labute approximate surface area is 102 Å². The molecule has 0 atom stereocenters. The molecule has 1 aromatic carbocycles. The molecule has 94 valence electrons. The van der Waals surface area contributed by atoms with Gasteiger partial charge in [-0.05, 0) is 24.6 Å². The normalized spacial score (nSPS) is 11.4. The molecule has 1 N–H and O–H groups in total. The molecule has 0 saturated carbocycles. The summed E-state index contributed by atoms with van der Waals surface area (Å²) < 4.78 is 31.1. The summed E-state index contributed by atoms with van der Waals surface area (Å²) in [5.74, 6) is -5.81. The van der Waals surface area contributed by atoms with Gasteiger partial charge in [-0.15, -0.1) is 0 Å². The zero-order valence-electron chi connectivity index (χ0n) is 9.26. The number of aliphatic carboxylic acids is 1. The van der Waals surface area contributed by atoms with Crippen LogP contribution < -0.4 is 4.74 Å². The Morgan fingerprint density at radius 1 is 1.53 bits per heavy atom. The second kappa shape index (κ2) is 4.87. The summed E-state index contributed by atoms with van der Waals surface area (Å²) in [6, 6.07) is 2.79. The molecule has 17 heavy (non-hydrogen) atoms. The van der Waals surface area contributed by atoms with Crippen LogP contribution in [0.5, 0.6) is 5.75 Å². The summed E-state index contributed by atoms with van der Waals surface area (Å²) in [6.45, 7) is 1.70. The molecule has 1 rings (SSSR count). The van der Waals surface area contributed by atoms with Crippen molar-refractivity contribution in [2.45, 2.75) is 19.3 Å². The molecule has 3 nitrogen and oxygen atoms in total. The highest BCUT2D eigenvalue weighted by Crippen LogP contribution is 2.31. The van der Waals surface area contributed by atoms with Crippen molar-refractivity contribution in [2.75, 3.05) is 7.11 Å². The number of benzene rings is 1. The number of carboxylic acids is 1. The van der Waals surface area contributed by atoms with Crippen molar-refractivity contribution in [3.63, 3.8) is 0 Å². The van der Waals surface area contributed by atoms with E-state index in [-0.39, 0.29) is 11.3 Å². The minimum atomic E-state index is -3.84. The molecule has 0 saturated heterocycles. The molecule has 0 aliphatic heterocycles. The minimum Gasteiger partial charge on any atom is -0.496 e. The number of rotatable bonds is 4. The molecule has 0 radical (unpaired) electrons. The smallest absolute Gasteiger partial charge is 0.374 e. The molecule has 0 amide bonds. The van der Waals surface area contributed by atoms with E-state index < -0.39 is 18.3 Å². The van der Waals surface area contributed by atoms with Crippen LogP contribution in [0.2, 0.25) is 5.02 Å². The van der Waals surface area contributed by atoms with E-state index in [1.54, 1.807) is 6.92 Å². The third-order valence-corrected chi connectivity index (χ3v) is 2.69. The average molecular weight is 265 g/mol. The summed E-state index contributed by atoms with van der Waals surface area (Å²) >= 11 is 5.80. The zero-order chi connectivity index (χ0) is 13.2. The van der Waals surface area contributed by atoms with E-state index in [1.165, 1.54) is 19.2 Å². The number of hydrogen-bond donors (Lipinski definition) is 1. The van der Waals surface area contributed by atoms with Gasteiger partial charge in [-0.25, -0.2) is 4.79 Å². The number of aryl methyl sites for hydroxylation is 1. The van der Waals surface area contributed by atoms with Gasteiger partial charge in [-0.1, -0.05) is 11.6 Å². The maximum absolute atomic E-state index is 13.1. The van der Waals surface area contributed by atoms with Gasteiger partial charge in [-0.3, -0.25) is 0 Å². The highest BCUT2D eigenvalue weighted by molar-refractivity contribution is 6.31. The molecular weight excluding hydrogens is 254 g/mol. The SMILES string of the molecule is COc1cc(C)c(Cl)cc1CC(F)(F)C(=O)O. The molecule has 0 aliphatic carbocycles. The zero-order valence-corrected chi connectivity index (χ0v) is 10.0. The lowest BCUT2D eigenvalue weighted by molar-refractivity contribution is -0.164. The van der Waals surface area contributed by atoms with Crippen LogP contribution in [0, 0.1) is 6.92 Å². The minimum absolute atomic E-state index is 0.0653. The fourth-order valence-electron chi connectivity index (χ4n) is 1.34. The van der Waals surface area contributed by atoms with Crippen LogP contribution in [0.15, 0.2) is 12.1 Å². The van der Waals surface area contributed by atoms with E-state index in [2.05, 4.69) is 0 Å². The molecule has 1 aromatic rings. The van der Waals surface area contributed by atoms with Gasteiger partial charge in [0.05, 0.1) is 13.5 Å². The maximum atomic E-state index is 13.1. The van der Waals surface area contributed by atoms with Gasteiger partial charge in [-0.2, -0.15) is 8.78 Å². The number of alkyl halides is 2. The van der Waals surface area contributed by atoms with Crippen LogP contribution in [0.4, 0.5) is 8.78 Å². The van der Waals surface area contributed by atoms with Gasteiger partial charge in [0, 0.05) is 10.6 Å². The molecule has 0 spiro atoms. The summed E-state index contributed by atoms with van der Waals surface area (Å²) in [5, 5.41) is 8.66. The molecule has 0 aliphatic rings. The first-order valence-electron chi connectivity index (χ1n) is 4.72. The van der Waals surface area contributed by atoms with Crippen molar-refractivity contribution < 1.29 is 23.4 Å². The van der Waals surface area contributed by atoms with Crippen molar-refractivity contribution in [3.05, 3.63) is 28.3 Å². The lowest BCUT2D eigenvalue weighted by atomic mass is 10.0. The van der Waals surface area contributed by atoms with E-state index in [9.17, 15) is 13.6 Å². The average Bonchev–Trinajstić information content (AvgIpc) is 2.22. The molecule has 0 bridgehead atoms. The molecular formula is C11H11ClF2O3. The molecule has 0 fully saturated rings. The van der Waals surface area contributed by atoms with Gasteiger partial charge in [0.1, 0.15) is 5.75 Å². The van der Waals surface area contributed by atoms with Gasteiger partial charge < -0.3 is 9.84 Å². The Bertz CT molecular complexity index is 447. The fraction of sp³-hybridized carbons (Fsp3) is 0.364. The highest BCUT2D eigenvalue weighted by atomic mass is 35.5. The number of hydrogen-bond acceptors (Lipinski definition) is 2. The van der Waals surface area contributed by atoms with Crippen molar-refractivity contribution in [3.8, 4) is 5.75 Å². The van der Waals surface area contributed by atoms with Gasteiger partial charge >= 0.3 is 11.9 Å².